The first-order valence-corrected chi connectivity index (χ1v) is 5.26. The van der Waals surface area contributed by atoms with Crippen LogP contribution >= 0.6 is 0 Å². The number of rotatable bonds is 3. The molecule has 2 heteroatoms. The summed E-state index contributed by atoms with van der Waals surface area (Å²) in [5.41, 5.74) is -0.254. The molecule has 1 atom stereocenters. The van der Waals surface area contributed by atoms with Gasteiger partial charge in [0.05, 0.1) is 0 Å². The van der Waals surface area contributed by atoms with Crippen LogP contribution in [0.3, 0.4) is 0 Å². The van der Waals surface area contributed by atoms with Crippen LogP contribution in [0.4, 0.5) is 0 Å². The van der Waals surface area contributed by atoms with E-state index >= 15 is 0 Å². The van der Waals surface area contributed by atoms with Gasteiger partial charge in [-0.05, 0) is 18.3 Å². The van der Waals surface area contributed by atoms with Gasteiger partial charge in [0, 0.05) is 5.41 Å². The molecule has 0 unspecified atom stereocenters. The van der Waals surface area contributed by atoms with Gasteiger partial charge in [0.1, 0.15) is 6.10 Å². The highest BCUT2D eigenvalue weighted by Crippen LogP contribution is 2.24. The topological polar surface area (TPSA) is 37.3 Å². The molecule has 0 saturated carbocycles. The minimum atomic E-state index is -0.797. The molecule has 0 radical (unpaired) electrons. The summed E-state index contributed by atoms with van der Waals surface area (Å²) in [4.78, 5) is 11.6. The molecule has 0 saturated heterocycles. The molecule has 0 aromatic carbocycles. The van der Waals surface area contributed by atoms with Gasteiger partial charge in [0.15, 0.2) is 5.78 Å². The number of hydrogen-bond acceptors (Lipinski definition) is 2. The first-order valence-electron chi connectivity index (χ1n) is 5.26. The van der Waals surface area contributed by atoms with Crippen molar-refractivity contribution >= 4 is 5.78 Å². The smallest absolute Gasteiger partial charge is 0.166 e. The van der Waals surface area contributed by atoms with Crippen LogP contribution in [-0.2, 0) is 4.79 Å². The van der Waals surface area contributed by atoms with Crippen LogP contribution < -0.4 is 0 Å². The van der Waals surface area contributed by atoms with E-state index < -0.39 is 11.5 Å². The summed E-state index contributed by atoms with van der Waals surface area (Å²) in [6.45, 7) is 11.9. The normalized spacial score (nSPS) is 15.4. The fourth-order valence-corrected chi connectivity index (χ4v) is 1.20. The average molecular weight is 200 g/mol. The standard InChI is InChI=1S/C12H24O2/c1-11(2,3)8-7-9(13)10(14)12(4,5)6/h9,13H,7-8H2,1-6H3/t9-/m0/s1. The maximum atomic E-state index is 11.6. The molecule has 0 fully saturated rings. The number of carbonyl (C=O) groups is 1. The summed E-state index contributed by atoms with van der Waals surface area (Å²) in [6.07, 6.45) is 0.643. The van der Waals surface area contributed by atoms with Gasteiger partial charge in [0.25, 0.3) is 0 Å². The van der Waals surface area contributed by atoms with Crippen molar-refractivity contribution in [3.8, 4) is 0 Å². The van der Waals surface area contributed by atoms with Crippen molar-refractivity contribution in [1.29, 1.82) is 0 Å². The Kier molecular flexibility index (Phi) is 4.32. The number of aliphatic hydroxyl groups excluding tert-OH is 1. The van der Waals surface area contributed by atoms with E-state index in [0.717, 1.165) is 6.42 Å². The van der Waals surface area contributed by atoms with E-state index in [4.69, 9.17) is 0 Å². The van der Waals surface area contributed by atoms with Gasteiger partial charge in [-0.3, -0.25) is 4.79 Å². The van der Waals surface area contributed by atoms with Crippen molar-refractivity contribution in [3.63, 3.8) is 0 Å². The van der Waals surface area contributed by atoms with Crippen LogP contribution in [0.15, 0.2) is 0 Å². The zero-order chi connectivity index (χ0) is 11.6. The van der Waals surface area contributed by atoms with E-state index in [9.17, 15) is 9.90 Å². The van der Waals surface area contributed by atoms with Gasteiger partial charge in [-0.25, -0.2) is 0 Å². The van der Waals surface area contributed by atoms with Crippen LogP contribution in [0.2, 0.25) is 0 Å². The van der Waals surface area contributed by atoms with Crippen molar-refractivity contribution in [2.45, 2.75) is 60.5 Å². The molecule has 0 aromatic heterocycles. The maximum Gasteiger partial charge on any atom is 0.166 e. The van der Waals surface area contributed by atoms with Gasteiger partial charge in [-0.1, -0.05) is 41.5 Å². The summed E-state index contributed by atoms with van der Waals surface area (Å²) in [5, 5.41) is 9.67. The predicted octanol–water partition coefficient (Wildman–Crippen LogP) is 2.79. The average Bonchev–Trinajstić information content (AvgIpc) is 1.95. The lowest BCUT2D eigenvalue weighted by molar-refractivity contribution is -0.135. The van der Waals surface area contributed by atoms with Gasteiger partial charge < -0.3 is 5.11 Å². The molecule has 14 heavy (non-hydrogen) atoms. The summed E-state index contributed by atoms with van der Waals surface area (Å²) >= 11 is 0. The van der Waals surface area contributed by atoms with Crippen LogP contribution in [0.5, 0.6) is 0 Å². The maximum absolute atomic E-state index is 11.6. The van der Waals surface area contributed by atoms with E-state index in [1.165, 1.54) is 0 Å². The molecule has 0 rings (SSSR count). The molecule has 0 amide bonds. The molecular weight excluding hydrogens is 176 g/mol. The van der Waals surface area contributed by atoms with E-state index in [1.807, 2.05) is 20.8 Å². The second-order valence-electron chi connectivity index (χ2n) is 6.23. The molecule has 0 aliphatic rings. The Bertz CT molecular complexity index is 193. The summed E-state index contributed by atoms with van der Waals surface area (Å²) in [7, 11) is 0. The van der Waals surface area contributed by atoms with Crippen molar-refractivity contribution in [1.82, 2.24) is 0 Å². The lowest BCUT2D eigenvalue weighted by Gasteiger charge is -2.24. The third-order valence-electron chi connectivity index (χ3n) is 2.21. The van der Waals surface area contributed by atoms with Crippen LogP contribution in [-0.4, -0.2) is 17.0 Å². The first kappa shape index (κ1) is 13.6. The Hall–Kier alpha value is -0.370. The zero-order valence-corrected chi connectivity index (χ0v) is 10.3. The van der Waals surface area contributed by atoms with Crippen LogP contribution in [0, 0.1) is 10.8 Å². The first-order chi connectivity index (χ1) is 6.04. The van der Waals surface area contributed by atoms with E-state index in [1.54, 1.807) is 0 Å². The minimum Gasteiger partial charge on any atom is -0.385 e. The molecule has 2 nitrogen and oxygen atoms in total. The van der Waals surface area contributed by atoms with Crippen LogP contribution in [0.1, 0.15) is 54.4 Å². The number of aliphatic hydroxyl groups is 1. The Morgan fingerprint density at radius 1 is 1.14 bits per heavy atom. The Labute approximate surface area is 87.7 Å². The highest BCUT2D eigenvalue weighted by atomic mass is 16.3. The Balaban J connectivity index is 4.11. The van der Waals surface area contributed by atoms with Gasteiger partial charge in [0.2, 0.25) is 0 Å². The Morgan fingerprint density at radius 2 is 1.57 bits per heavy atom. The SMILES string of the molecule is CC(C)(C)CC[C@H](O)C(=O)C(C)(C)C. The van der Waals surface area contributed by atoms with Crippen molar-refractivity contribution < 1.29 is 9.90 Å². The number of carbonyl (C=O) groups excluding carboxylic acids is 1. The molecule has 0 bridgehead atoms. The molecule has 1 N–H and O–H groups in total. The van der Waals surface area contributed by atoms with E-state index in [-0.39, 0.29) is 11.2 Å². The van der Waals surface area contributed by atoms with Gasteiger partial charge >= 0.3 is 0 Å². The molecule has 0 spiro atoms. The number of hydrogen-bond donors (Lipinski definition) is 1. The van der Waals surface area contributed by atoms with Crippen molar-refractivity contribution in [3.05, 3.63) is 0 Å². The second kappa shape index (κ2) is 4.43. The quantitative estimate of drug-likeness (QED) is 0.760. The summed E-state index contributed by atoms with van der Waals surface area (Å²) in [5.74, 6) is -0.0539. The predicted molar refractivity (Wildman–Crippen MR) is 59.2 cm³/mol. The molecule has 84 valence electrons. The van der Waals surface area contributed by atoms with Gasteiger partial charge in [-0.2, -0.15) is 0 Å². The molecule has 0 heterocycles. The molecular formula is C12H24O2. The largest absolute Gasteiger partial charge is 0.385 e. The zero-order valence-electron chi connectivity index (χ0n) is 10.3. The summed E-state index contributed by atoms with van der Waals surface area (Å²) < 4.78 is 0. The van der Waals surface area contributed by atoms with Crippen molar-refractivity contribution in [2.24, 2.45) is 10.8 Å². The van der Waals surface area contributed by atoms with Crippen molar-refractivity contribution in [2.75, 3.05) is 0 Å². The minimum absolute atomic E-state index is 0.0539. The molecule has 0 aromatic rings. The second-order valence-corrected chi connectivity index (χ2v) is 6.23. The van der Waals surface area contributed by atoms with Crippen LogP contribution in [0.25, 0.3) is 0 Å². The number of ketones is 1. The third-order valence-corrected chi connectivity index (χ3v) is 2.21. The monoisotopic (exact) mass is 200 g/mol. The lowest BCUT2D eigenvalue weighted by atomic mass is 9.83. The van der Waals surface area contributed by atoms with Gasteiger partial charge in [-0.15, -0.1) is 0 Å². The molecule has 0 aliphatic carbocycles. The lowest BCUT2D eigenvalue weighted by Crippen LogP contribution is -2.33. The summed E-state index contributed by atoms with van der Waals surface area (Å²) in [6, 6.07) is 0. The molecule has 0 aliphatic heterocycles. The highest BCUT2D eigenvalue weighted by molar-refractivity contribution is 5.87. The Morgan fingerprint density at radius 3 is 1.86 bits per heavy atom. The van der Waals surface area contributed by atoms with E-state index in [0.29, 0.717) is 6.42 Å². The number of Topliss-reactive ketones (excluding diaryl/α,β-unsaturated/α-hetero) is 1. The fraction of sp³-hybridized carbons (Fsp3) is 0.917. The van der Waals surface area contributed by atoms with E-state index in [2.05, 4.69) is 20.8 Å². The third kappa shape index (κ3) is 5.38. The fourth-order valence-electron chi connectivity index (χ4n) is 1.20. The highest BCUT2D eigenvalue weighted by Gasteiger charge is 2.28.